The Balaban J connectivity index is 2.04. The van der Waals surface area contributed by atoms with Crippen molar-refractivity contribution in [2.45, 2.75) is 33.1 Å². The Hall–Kier alpha value is -1.46. The molecular formula is C18H23BrN2O2. The van der Waals surface area contributed by atoms with Gasteiger partial charge in [0.2, 0.25) is 5.89 Å². The summed E-state index contributed by atoms with van der Waals surface area (Å²) in [7, 11) is 1.68. The average Bonchev–Trinajstić information content (AvgIpc) is 2.92. The molecule has 0 spiro atoms. The number of benzene rings is 1. The van der Waals surface area contributed by atoms with Crippen LogP contribution in [0.3, 0.4) is 0 Å². The van der Waals surface area contributed by atoms with Crippen LogP contribution in [0.5, 0.6) is 0 Å². The number of aromatic nitrogens is 1. The van der Waals surface area contributed by atoms with E-state index < -0.39 is 0 Å². The number of rotatable bonds is 8. The molecule has 23 heavy (non-hydrogen) atoms. The number of aryl methyl sites for hydroxylation is 2. The van der Waals surface area contributed by atoms with E-state index in [0.29, 0.717) is 18.9 Å². The number of nitrogens with zero attached hydrogens (tertiary/aromatic N) is 1. The molecule has 2 aromatic rings. The summed E-state index contributed by atoms with van der Waals surface area (Å²) in [6.07, 6.45) is 2.34. The minimum atomic E-state index is 0.193. The molecule has 1 unspecified atom stereocenters. The standard InChI is InChI=1S/C18H23BrN2O2/c1-4-13(11-22-3)16(20)9-10-17-12(2)23-18(21-17)14-5-7-15(19)8-6-14/h5-8,13,20H,4,9-11H2,1-3H3. The van der Waals surface area contributed by atoms with Gasteiger partial charge >= 0.3 is 0 Å². The Bertz CT molecular complexity index is 650. The summed E-state index contributed by atoms with van der Waals surface area (Å²) in [6.45, 7) is 4.63. The third kappa shape index (κ3) is 4.75. The fourth-order valence-corrected chi connectivity index (χ4v) is 2.76. The summed E-state index contributed by atoms with van der Waals surface area (Å²) >= 11 is 3.43. The molecule has 0 fully saturated rings. The van der Waals surface area contributed by atoms with E-state index in [4.69, 9.17) is 14.6 Å². The van der Waals surface area contributed by atoms with E-state index in [-0.39, 0.29) is 5.92 Å². The van der Waals surface area contributed by atoms with Crippen LogP contribution in [0.4, 0.5) is 0 Å². The van der Waals surface area contributed by atoms with Gasteiger partial charge in [-0.25, -0.2) is 4.98 Å². The second-order valence-corrected chi connectivity index (χ2v) is 6.53. The SMILES string of the molecule is CCC(COC)C(=N)CCc1nc(-c2ccc(Br)cc2)oc1C. The van der Waals surface area contributed by atoms with Crippen LogP contribution < -0.4 is 0 Å². The Kier molecular flexibility index (Phi) is 6.54. The molecule has 5 heteroatoms. The summed E-state index contributed by atoms with van der Waals surface area (Å²) in [6, 6.07) is 7.90. The second kappa shape index (κ2) is 8.41. The summed E-state index contributed by atoms with van der Waals surface area (Å²) in [5.41, 5.74) is 2.62. The van der Waals surface area contributed by atoms with Crippen LogP contribution in [0.15, 0.2) is 33.2 Å². The average molecular weight is 379 g/mol. The molecule has 1 atom stereocenters. The molecule has 0 aliphatic heterocycles. The maximum atomic E-state index is 8.22. The number of oxazole rings is 1. The van der Waals surface area contributed by atoms with E-state index in [9.17, 15) is 0 Å². The molecule has 0 saturated carbocycles. The molecule has 1 aromatic carbocycles. The van der Waals surface area contributed by atoms with Gasteiger partial charge in [0, 0.05) is 28.8 Å². The van der Waals surface area contributed by atoms with Crippen molar-refractivity contribution in [3.63, 3.8) is 0 Å². The predicted octanol–water partition coefficient (Wildman–Crippen LogP) is 5.04. The van der Waals surface area contributed by atoms with Crippen molar-refractivity contribution in [1.29, 1.82) is 5.41 Å². The Morgan fingerprint density at radius 3 is 2.65 bits per heavy atom. The van der Waals surface area contributed by atoms with E-state index in [1.54, 1.807) is 7.11 Å². The summed E-state index contributed by atoms with van der Waals surface area (Å²) in [5.74, 6) is 1.66. The van der Waals surface area contributed by atoms with Crippen LogP contribution >= 0.6 is 15.9 Å². The van der Waals surface area contributed by atoms with Crippen molar-refractivity contribution in [3.05, 3.63) is 40.2 Å². The fraction of sp³-hybridized carbons (Fsp3) is 0.444. The Morgan fingerprint density at radius 1 is 1.35 bits per heavy atom. The number of methoxy groups -OCH3 is 1. The van der Waals surface area contributed by atoms with Gasteiger partial charge < -0.3 is 14.6 Å². The maximum absolute atomic E-state index is 8.22. The maximum Gasteiger partial charge on any atom is 0.226 e. The summed E-state index contributed by atoms with van der Waals surface area (Å²) in [5, 5.41) is 8.22. The summed E-state index contributed by atoms with van der Waals surface area (Å²) < 4.78 is 12.0. The van der Waals surface area contributed by atoms with Gasteiger partial charge in [0.05, 0.1) is 12.3 Å². The van der Waals surface area contributed by atoms with Crippen LogP contribution in [-0.4, -0.2) is 24.4 Å². The van der Waals surface area contributed by atoms with Crippen LogP contribution in [0.2, 0.25) is 0 Å². The van der Waals surface area contributed by atoms with Gasteiger partial charge in [-0.1, -0.05) is 22.9 Å². The van der Waals surface area contributed by atoms with Crippen molar-refractivity contribution >= 4 is 21.6 Å². The van der Waals surface area contributed by atoms with E-state index in [1.165, 1.54) is 0 Å². The lowest BCUT2D eigenvalue weighted by molar-refractivity contribution is 0.173. The molecule has 0 bridgehead atoms. The molecule has 1 heterocycles. The number of halogens is 1. The second-order valence-electron chi connectivity index (χ2n) is 5.61. The first kappa shape index (κ1) is 17.9. The fourth-order valence-electron chi connectivity index (χ4n) is 2.50. The highest BCUT2D eigenvalue weighted by Crippen LogP contribution is 2.24. The highest BCUT2D eigenvalue weighted by Gasteiger charge is 2.16. The molecular weight excluding hydrogens is 356 g/mol. The highest BCUT2D eigenvalue weighted by atomic mass is 79.9. The number of nitrogens with one attached hydrogen (secondary N) is 1. The van der Waals surface area contributed by atoms with E-state index >= 15 is 0 Å². The lowest BCUT2D eigenvalue weighted by Crippen LogP contribution is -2.18. The van der Waals surface area contributed by atoms with Crippen LogP contribution in [0.25, 0.3) is 11.5 Å². The smallest absolute Gasteiger partial charge is 0.226 e. The normalized spacial score (nSPS) is 12.3. The molecule has 124 valence electrons. The zero-order valence-corrected chi connectivity index (χ0v) is 15.4. The molecule has 4 nitrogen and oxygen atoms in total. The van der Waals surface area contributed by atoms with Crippen molar-refractivity contribution < 1.29 is 9.15 Å². The minimum Gasteiger partial charge on any atom is -0.441 e. The number of hydrogen-bond acceptors (Lipinski definition) is 4. The Labute approximate surface area is 145 Å². The summed E-state index contributed by atoms with van der Waals surface area (Å²) in [4.78, 5) is 4.60. The first-order valence-electron chi connectivity index (χ1n) is 7.83. The predicted molar refractivity (Wildman–Crippen MR) is 96.1 cm³/mol. The molecule has 1 N–H and O–H groups in total. The minimum absolute atomic E-state index is 0.193. The van der Waals surface area contributed by atoms with Gasteiger partial charge in [-0.15, -0.1) is 0 Å². The Morgan fingerprint density at radius 2 is 2.04 bits per heavy atom. The molecule has 0 amide bonds. The molecule has 1 aromatic heterocycles. The molecule has 0 saturated heterocycles. The van der Waals surface area contributed by atoms with E-state index in [1.807, 2.05) is 31.2 Å². The lowest BCUT2D eigenvalue weighted by atomic mass is 9.97. The highest BCUT2D eigenvalue weighted by molar-refractivity contribution is 9.10. The third-order valence-electron chi connectivity index (χ3n) is 3.97. The number of hydrogen-bond donors (Lipinski definition) is 1. The zero-order chi connectivity index (χ0) is 16.8. The van der Waals surface area contributed by atoms with Crippen LogP contribution in [0, 0.1) is 18.3 Å². The van der Waals surface area contributed by atoms with Crippen molar-refractivity contribution in [2.24, 2.45) is 5.92 Å². The quantitative estimate of drug-likeness (QED) is 0.654. The zero-order valence-electron chi connectivity index (χ0n) is 13.9. The third-order valence-corrected chi connectivity index (χ3v) is 4.50. The van der Waals surface area contributed by atoms with Crippen LogP contribution in [-0.2, 0) is 11.2 Å². The van der Waals surface area contributed by atoms with Crippen molar-refractivity contribution in [3.8, 4) is 11.5 Å². The van der Waals surface area contributed by atoms with Gasteiger partial charge in [0.1, 0.15) is 5.76 Å². The van der Waals surface area contributed by atoms with Gasteiger partial charge in [0.15, 0.2) is 0 Å². The van der Waals surface area contributed by atoms with Gasteiger partial charge in [0.25, 0.3) is 0 Å². The topological polar surface area (TPSA) is 59.1 Å². The van der Waals surface area contributed by atoms with Gasteiger partial charge in [-0.05, 0) is 50.5 Å². The van der Waals surface area contributed by atoms with Gasteiger partial charge in [-0.2, -0.15) is 0 Å². The first-order chi connectivity index (χ1) is 11.0. The monoisotopic (exact) mass is 378 g/mol. The lowest BCUT2D eigenvalue weighted by Gasteiger charge is -2.14. The van der Waals surface area contributed by atoms with Crippen molar-refractivity contribution in [2.75, 3.05) is 13.7 Å². The molecule has 0 radical (unpaired) electrons. The van der Waals surface area contributed by atoms with Crippen molar-refractivity contribution in [1.82, 2.24) is 4.98 Å². The van der Waals surface area contributed by atoms with Crippen LogP contribution in [0.1, 0.15) is 31.2 Å². The first-order valence-corrected chi connectivity index (χ1v) is 8.63. The van der Waals surface area contributed by atoms with E-state index in [2.05, 4.69) is 27.8 Å². The largest absolute Gasteiger partial charge is 0.441 e. The number of ether oxygens (including phenoxy) is 1. The molecule has 0 aliphatic carbocycles. The molecule has 0 aliphatic rings. The van der Waals surface area contributed by atoms with Gasteiger partial charge in [-0.3, -0.25) is 0 Å². The molecule has 2 rings (SSSR count). The van der Waals surface area contributed by atoms with E-state index in [0.717, 1.165) is 40.0 Å².